The molecule has 0 aromatic heterocycles. The van der Waals surface area contributed by atoms with Crippen molar-refractivity contribution in [2.45, 2.75) is 53.4 Å². The number of amides is 2. The van der Waals surface area contributed by atoms with Gasteiger partial charge in [-0.15, -0.1) is 0 Å². The fourth-order valence-corrected chi connectivity index (χ4v) is 2.01. The SMILES string of the molecule is CCCN(CCCN(C)C(=O)C(C)CC)C(=O)CC. The fourth-order valence-electron chi connectivity index (χ4n) is 2.01. The van der Waals surface area contributed by atoms with E-state index in [9.17, 15) is 9.59 Å². The van der Waals surface area contributed by atoms with E-state index in [1.54, 1.807) is 4.90 Å². The van der Waals surface area contributed by atoms with Gasteiger partial charge in [0.1, 0.15) is 0 Å². The summed E-state index contributed by atoms with van der Waals surface area (Å²) in [6.07, 6.45) is 3.26. The second-order valence-electron chi connectivity index (χ2n) is 5.16. The third kappa shape index (κ3) is 6.60. The topological polar surface area (TPSA) is 40.6 Å². The minimum Gasteiger partial charge on any atom is -0.345 e. The van der Waals surface area contributed by atoms with Crippen LogP contribution in [0.3, 0.4) is 0 Å². The maximum Gasteiger partial charge on any atom is 0.225 e. The first-order valence-corrected chi connectivity index (χ1v) is 7.50. The lowest BCUT2D eigenvalue weighted by molar-refractivity contribution is -0.133. The van der Waals surface area contributed by atoms with Crippen LogP contribution in [-0.4, -0.2) is 48.3 Å². The summed E-state index contributed by atoms with van der Waals surface area (Å²) in [7, 11) is 1.85. The molecule has 2 amide bonds. The Labute approximate surface area is 118 Å². The zero-order chi connectivity index (χ0) is 14.8. The second kappa shape index (κ2) is 9.82. The van der Waals surface area contributed by atoms with Gasteiger partial charge in [0.2, 0.25) is 11.8 Å². The molecular weight excluding hydrogens is 240 g/mol. The summed E-state index contributed by atoms with van der Waals surface area (Å²) >= 11 is 0. The normalized spacial score (nSPS) is 12.1. The highest BCUT2D eigenvalue weighted by Crippen LogP contribution is 2.06. The van der Waals surface area contributed by atoms with Crippen LogP contribution in [0.15, 0.2) is 0 Å². The Kier molecular flexibility index (Phi) is 9.27. The van der Waals surface area contributed by atoms with Gasteiger partial charge in [0, 0.05) is 39.0 Å². The Bertz CT molecular complexity index is 279. The average molecular weight is 270 g/mol. The van der Waals surface area contributed by atoms with E-state index < -0.39 is 0 Å². The standard InChI is InChI=1S/C15H30N2O2/c1-6-10-17(14(18)8-3)12-9-11-16(5)15(19)13(4)7-2/h13H,6-12H2,1-5H3. The highest BCUT2D eigenvalue weighted by atomic mass is 16.2. The van der Waals surface area contributed by atoms with Gasteiger partial charge < -0.3 is 9.80 Å². The van der Waals surface area contributed by atoms with Gasteiger partial charge in [-0.25, -0.2) is 0 Å². The molecule has 0 aliphatic rings. The number of carbonyl (C=O) groups is 2. The summed E-state index contributed by atoms with van der Waals surface area (Å²) in [6, 6.07) is 0. The zero-order valence-electron chi connectivity index (χ0n) is 13.2. The van der Waals surface area contributed by atoms with E-state index in [2.05, 4.69) is 6.92 Å². The molecule has 0 saturated carbocycles. The first-order chi connectivity index (χ1) is 8.97. The van der Waals surface area contributed by atoms with E-state index in [-0.39, 0.29) is 17.7 Å². The molecule has 0 fully saturated rings. The maximum absolute atomic E-state index is 11.9. The molecule has 0 saturated heterocycles. The molecule has 0 aromatic rings. The molecule has 0 bridgehead atoms. The van der Waals surface area contributed by atoms with Crippen LogP contribution in [0.25, 0.3) is 0 Å². The van der Waals surface area contributed by atoms with Crippen LogP contribution in [0.1, 0.15) is 53.4 Å². The van der Waals surface area contributed by atoms with Gasteiger partial charge in [-0.3, -0.25) is 9.59 Å². The Balaban J connectivity index is 4.11. The van der Waals surface area contributed by atoms with Crippen molar-refractivity contribution in [3.05, 3.63) is 0 Å². The highest BCUT2D eigenvalue weighted by molar-refractivity contribution is 5.78. The van der Waals surface area contributed by atoms with E-state index >= 15 is 0 Å². The quantitative estimate of drug-likeness (QED) is 0.646. The molecule has 1 atom stereocenters. The molecule has 0 rings (SSSR count). The predicted octanol–water partition coefficient (Wildman–Crippen LogP) is 2.53. The minimum absolute atomic E-state index is 0.0917. The zero-order valence-corrected chi connectivity index (χ0v) is 13.2. The monoisotopic (exact) mass is 270 g/mol. The molecule has 1 unspecified atom stereocenters. The molecule has 0 aromatic carbocycles. The van der Waals surface area contributed by atoms with Crippen molar-refractivity contribution in [1.29, 1.82) is 0 Å². The summed E-state index contributed by atoms with van der Waals surface area (Å²) < 4.78 is 0. The van der Waals surface area contributed by atoms with Gasteiger partial charge in [0.15, 0.2) is 0 Å². The Hall–Kier alpha value is -1.06. The van der Waals surface area contributed by atoms with Crippen molar-refractivity contribution in [3.63, 3.8) is 0 Å². The van der Waals surface area contributed by atoms with Gasteiger partial charge >= 0.3 is 0 Å². The first-order valence-electron chi connectivity index (χ1n) is 7.50. The summed E-state index contributed by atoms with van der Waals surface area (Å²) in [5.74, 6) is 0.498. The highest BCUT2D eigenvalue weighted by Gasteiger charge is 2.16. The molecule has 0 N–H and O–H groups in total. The van der Waals surface area contributed by atoms with Gasteiger partial charge in [0.25, 0.3) is 0 Å². The van der Waals surface area contributed by atoms with Crippen LogP contribution in [0.5, 0.6) is 0 Å². The largest absolute Gasteiger partial charge is 0.345 e. The third-order valence-electron chi connectivity index (χ3n) is 3.48. The number of rotatable bonds is 9. The Morgan fingerprint density at radius 1 is 1.05 bits per heavy atom. The number of nitrogens with zero attached hydrogens (tertiary/aromatic N) is 2. The van der Waals surface area contributed by atoms with E-state index in [1.165, 1.54) is 0 Å². The smallest absolute Gasteiger partial charge is 0.225 e. The molecule has 0 heterocycles. The van der Waals surface area contributed by atoms with Crippen LogP contribution >= 0.6 is 0 Å². The molecule has 0 aliphatic carbocycles. The number of hydrogen-bond donors (Lipinski definition) is 0. The Morgan fingerprint density at radius 3 is 2.16 bits per heavy atom. The lowest BCUT2D eigenvalue weighted by atomic mass is 10.1. The fraction of sp³-hybridized carbons (Fsp3) is 0.867. The van der Waals surface area contributed by atoms with Crippen LogP contribution in [0, 0.1) is 5.92 Å². The molecule has 4 heteroatoms. The van der Waals surface area contributed by atoms with E-state index in [1.807, 2.05) is 32.7 Å². The minimum atomic E-state index is 0.0917. The molecule has 4 nitrogen and oxygen atoms in total. The molecule has 19 heavy (non-hydrogen) atoms. The molecular formula is C15H30N2O2. The van der Waals surface area contributed by atoms with Gasteiger partial charge in [-0.1, -0.05) is 27.7 Å². The Morgan fingerprint density at radius 2 is 1.68 bits per heavy atom. The van der Waals surface area contributed by atoms with E-state index in [0.717, 1.165) is 38.9 Å². The van der Waals surface area contributed by atoms with Crippen LogP contribution in [0.4, 0.5) is 0 Å². The second-order valence-corrected chi connectivity index (χ2v) is 5.16. The lowest BCUT2D eigenvalue weighted by Crippen LogP contribution is -2.36. The van der Waals surface area contributed by atoms with Gasteiger partial charge in [-0.2, -0.15) is 0 Å². The van der Waals surface area contributed by atoms with Crippen molar-refractivity contribution >= 4 is 11.8 Å². The van der Waals surface area contributed by atoms with Crippen molar-refractivity contribution in [2.75, 3.05) is 26.7 Å². The predicted molar refractivity (Wildman–Crippen MR) is 78.9 cm³/mol. The number of carbonyl (C=O) groups excluding carboxylic acids is 2. The van der Waals surface area contributed by atoms with Gasteiger partial charge in [0.05, 0.1) is 0 Å². The molecule has 0 radical (unpaired) electrons. The van der Waals surface area contributed by atoms with Crippen LogP contribution in [-0.2, 0) is 9.59 Å². The molecule has 112 valence electrons. The average Bonchev–Trinajstić information content (AvgIpc) is 2.43. The van der Waals surface area contributed by atoms with Crippen molar-refractivity contribution in [3.8, 4) is 0 Å². The summed E-state index contributed by atoms with van der Waals surface area (Å²) in [5.41, 5.74) is 0. The number of hydrogen-bond acceptors (Lipinski definition) is 2. The summed E-state index contributed by atoms with van der Waals surface area (Å²) in [4.78, 5) is 27.3. The van der Waals surface area contributed by atoms with Crippen LogP contribution < -0.4 is 0 Å². The lowest BCUT2D eigenvalue weighted by Gasteiger charge is -2.24. The van der Waals surface area contributed by atoms with Crippen molar-refractivity contribution < 1.29 is 9.59 Å². The van der Waals surface area contributed by atoms with Gasteiger partial charge in [-0.05, 0) is 19.3 Å². The van der Waals surface area contributed by atoms with Crippen molar-refractivity contribution in [2.24, 2.45) is 5.92 Å². The third-order valence-corrected chi connectivity index (χ3v) is 3.48. The van der Waals surface area contributed by atoms with E-state index in [0.29, 0.717) is 6.42 Å². The van der Waals surface area contributed by atoms with Crippen LogP contribution in [0.2, 0.25) is 0 Å². The first kappa shape index (κ1) is 17.9. The molecule has 0 spiro atoms. The van der Waals surface area contributed by atoms with Crippen molar-refractivity contribution in [1.82, 2.24) is 9.80 Å². The van der Waals surface area contributed by atoms with E-state index in [4.69, 9.17) is 0 Å². The maximum atomic E-state index is 11.9. The summed E-state index contributed by atoms with van der Waals surface area (Å²) in [6.45, 7) is 10.2. The summed E-state index contributed by atoms with van der Waals surface area (Å²) in [5, 5.41) is 0. The molecule has 0 aliphatic heterocycles.